The highest BCUT2D eigenvalue weighted by Crippen LogP contribution is 2.33. The molecule has 0 unspecified atom stereocenters. The van der Waals surface area contributed by atoms with Gasteiger partial charge in [-0.3, -0.25) is 0 Å². The Kier molecular flexibility index (Phi) is 4.29. The van der Waals surface area contributed by atoms with Gasteiger partial charge in [-0.25, -0.2) is 0 Å². The van der Waals surface area contributed by atoms with Gasteiger partial charge in [0.25, 0.3) is 0 Å². The molecule has 0 fully saturated rings. The maximum Gasteiger partial charge on any atom is 0.120 e. The number of nitrogens with zero attached hydrogens (tertiary/aromatic N) is 2. The maximum atomic E-state index is 3.57. The molecule has 0 radical (unpaired) electrons. The molecule has 0 aliphatic carbocycles. The molecule has 5 rings (SSSR count). The van der Waals surface area contributed by atoms with Crippen molar-refractivity contribution in [2.75, 3.05) is 5.32 Å². The van der Waals surface area contributed by atoms with Crippen molar-refractivity contribution < 1.29 is 0 Å². The molecule has 1 aliphatic rings. The normalized spacial score (nSPS) is 13.7. The lowest BCUT2D eigenvalue weighted by Gasteiger charge is -2.10. The van der Waals surface area contributed by atoms with E-state index in [0.29, 0.717) is 0 Å². The number of benzene rings is 2. The molecule has 0 amide bonds. The molecule has 0 spiro atoms. The van der Waals surface area contributed by atoms with Crippen molar-refractivity contribution in [1.29, 1.82) is 0 Å². The van der Waals surface area contributed by atoms with Crippen molar-refractivity contribution >= 4 is 27.3 Å². The summed E-state index contributed by atoms with van der Waals surface area (Å²) in [5.74, 6) is 0. The first-order valence-corrected chi connectivity index (χ1v) is 10.4. The van der Waals surface area contributed by atoms with Gasteiger partial charge in [-0.15, -0.1) is 0 Å². The van der Waals surface area contributed by atoms with E-state index in [4.69, 9.17) is 0 Å². The molecule has 4 aromatic rings. The molecule has 27 heavy (non-hydrogen) atoms. The zero-order valence-corrected chi connectivity index (χ0v) is 16.7. The molecule has 0 bridgehead atoms. The second-order valence-corrected chi connectivity index (χ2v) is 8.12. The van der Waals surface area contributed by atoms with E-state index in [1.165, 1.54) is 40.9 Å². The highest BCUT2D eigenvalue weighted by Gasteiger charge is 2.20. The number of aryl methyl sites for hydroxylation is 2. The molecule has 2 aromatic carbocycles. The summed E-state index contributed by atoms with van der Waals surface area (Å²) in [4.78, 5) is 0. The quantitative estimate of drug-likeness (QED) is 0.422. The third-order valence-electron chi connectivity index (χ3n) is 5.46. The number of hydrogen-bond acceptors (Lipinski definition) is 1. The van der Waals surface area contributed by atoms with Crippen LogP contribution in [-0.2, 0) is 19.5 Å². The monoisotopic (exact) mass is 419 g/mol. The van der Waals surface area contributed by atoms with Crippen molar-refractivity contribution in [2.45, 2.75) is 32.4 Å². The maximum absolute atomic E-state index is 3.57. The average Bonchev–Trinajstić information content (AvgIpc) is 3.12. The van der Waals surface area contributed by atoms with Crippen LogP contribution in [0.2, 0.25) is 0 Å². The minimum Gasteiger partial charge on any atom is -0.379 e. The summed E-state index contributed by atoms with van der Waals surface area (Å²) >= 11 is 3.50. The van der Waals surface area contributed by atoms with Gasteiger partial charge in [0.2, 0.25) is 0 Å². The molecule has 0 saturated carbocycles. The molecule has 136 valence electrons. The lowest BCUT2D eigenvalue weighted by atomic mass is 10.0. The molecular formula is C23H22BrN3. The first-order valence-electron chi connectivity index (χ1n) is 9.56. The minimum atomic E-state index is 0.837. The van der Waals surface area contributed by atoms with Crippen LogP contribution in [0.1, 0.15) is 24.1 Å². The van der Waals surface area contributed by atoms with E-state index >= 15 is 0 Å². The fraction of sp³-hybridized carbons (Fsp3) is 0.217. The van der Waals surface area contributed by atoms with Gasteiger partial charge in [-0.05, 0) is 49.1 Å². The van der Waals surface area contributed by atoms with Gasteiger partial charge in [-0.2, -0.15) is 0 Å². The Morgan fingerprint density at radius 1 is 0.926 bits per heavy atom. The van der Waals surface area contributed by atoms with Crippen LogP contribution in [0.25, 0.3) is 16.8 Å². The SMILES string of the molecule is Brc1ccc(NCc2cn3cc(-c4ccccc4)c4c3n2CCCC4)cc1. The molecular weight excluding hydrogens is 398 g/mol. The zero-order chi connectivity index (χ0) is 18.2. The van der Waals surface area contributed by atoms with E-state index in [0.717, 1.165) is 29.7 Å². The summed E-state index contributed by atoms with van der Waals surface area (Å²) in [5.41, 5.74) is 8.06. The lowest BCUT2D eigenvalue weighted by molar-refractivity contribution is 0.626. The second-order valence-electron chi connectivity index (χ2n) is 7.21. The van der Waals surface area contributed by atoms with Crippen LogP contribution in [0.4, 0.5) is 5.69 Å². The molecule has 2 aromatic heterocycles. The van der Waals surface area contributed by atoms with Gasteiger partial charge in [-0.1, -0.05) is 46.3 Å². The van der Waals surface area contributed by atoms with Crippen molar-refractivity contribution in [1.82, 2.24) is 8.97 Å². The first-order chi connectivity index (χ1) is 13.3. The van der Waals surface area contributed by atoms with Gasteiger partial charge >= 0.3 is 0 Å². The standard InChI is InChI=1S/C23H22BrN3/c24-18-9-11-19(12-10-18)25-14-20-15-26-16-22(17-6-2-1-3-7-17)21-8-4-5-13-27(20)23(21)26/h1-3,6-7,9-12,15-16,25H,4-5,8,13-14H2. The van der Waals surface area contributed by atoms with E-state index in [-0.39, 0.29) is 0 Å². The van der Waals surface area contributed by atoms with Crippen molar-refractivity contribution in [2.24, 2.45) is 0 Å². The molecule has 0 saturated heterocycles. The van der Waals surface area contributed by atoms with Crippen molar-refractivity contribution in [3.8, 4) is 11.1 Å². The van der Waals surface area contributed by atoms with E-state index in [1.54, 1.807) is 0 Å². The molecule has 3 heterocycles. The van der Waals surface area contributed by atoms with E-state index < -0.39 is 0 Å². The van der Waals surface area contributed by atoms with E-state index in [9.17, 15) is 0 Å². The number of halogens is 1. The van der Waals surface area contributed by atoms with Crippen LogP contribution < -0.4 is 5.32 Å². The topological polar surface area (TPSA) is 21.4 Å². The zero-order valence-electron chi connectivity index (χ0n) is 15.2. The van der Waals surface area contributed by atoms with Crippen molar-refractivity contribution in [3.05, 3.63) is 82.7 Å². The average molecular weight is 420 g/mol. The third kappa shape index (κ3) is 3.08. The Hall–Kier alpha value is -2.46. The van der Waals surface area contributed by atoms with Crippen LogP contribution in [0.3, 0.4) is 0 Å². The second kappa shape index (κ2) is 6.93. The summed E-state index contributed by atoms with van der Waals surface area (Å²) in [6, 6.07) is 19.2. The fourth-order valence-corrected chi connectivity index (χ4v) is 4.42. The third-order valence-corrected chi connectivity index (χ3v) is 5.99. The summed E-state index contributed by atoms with van der Waals surface area (Å²) in [7, 11) is 0. The van der Waals surface area contributed by atoms with Crippen LogP contribution in [0, 0.1) is 0 Å². The summed E-state index contributed by atoms with van der Waals surface area (Å²) < 4.78 is 5.96. The number of aromatic nitrogens is 2. The number of nitrogens with one attached hydrogen (secondary N) is 1. The highest BCUT2D eigenvalue weighted by atomic mass is 79.9. The summed E-state index contributed by atoms with van der Waals surface area (Å²) in [5, 5.41) is 3.57. The highest BCUT2D eigenvalue weighted by molar-refractivity contribution is 9.10. The van der Waals surface area contributed by atoms with Gasteiger partial charge in [0.15, 0.2) is 0 Å². The number of rotatable bonds is 4. The summed E-state index contributed by atoms with van der Waals surface area (Å²) in [6.45, 7) is 1.93. The number of hydrogen-bond donors (Lipinski definition) is 1. The minimum absolute atomic E-state index is 0.837. The summed E-state index contributed by atoms with van der Waals surface area (Å²) in [6.07, 6.45) is 8.25. The molecule has 3 nitrogen and oxygen atoms in total. The molecule has 1 aliphatic heterocycles. The number of imidazole rings is 1. The van der Waals surface area contributed by atoms with Crippen LogP contribution in [0.15, 0.2) is 71.5 Å². The van der Waals surface area contributed by atoms with Crippen LogP contribution in [0.5, 0.6) is 0 Å². The predicted octanol–water partition coefficient (Wildman–Crippen LogP) is 6.12. The fourth-order valence-electron chi connectivity index (χ4n) is 4.16. The van der Waals surface area contributed by atoms with Crippen LogP contribution >= 0.6 is 15.9 Å². The molecule has 4 heteroatoms. The molecule has 1 N–H and O–H groups in total. The van der Waals surface area contributed by atoms with E-state index in [2.05, 4.69) is 97.2 Å². The number of anilines is 1. The van der Waals surface area contributed by atoms with Gasteiger partial charge in [0.1, 0.15) is 5.65 Å². The van der Waals surface area contributed by atoms with Gasteiger partial charge in [0, 0.05) is 40.2 Å². The van der Waals surface area contributed by atoms with Gasteiger partial charge < -0.3 is 14.3 Å². The Morgan fingerprint density at radius 2 is 1.74 bits per heavy atom. The van der Waals surface area contributed by atoms with Crippen LogP contribution in [-0.4, -0.2) is 8.97 Å². The first kappa shape index (κ1) is 16.7. The van der Waals surface area contributed by atoms with E-state index in [1.807, 2.05) is 0 Å². The smallest absolute Gasteiger partial charge is 0.120 e. The Labute approximate surface area is 167 Å². The Balaban J connectivity index is 1.52. The Morgan fingerprint density at radius 3 is 2.56 bits per heavy atom. The van der Waals surface area contributed by atoms with Crippen molar-refractivity contribution in [3.63, 3.8) is 0 Å². The molecule has 0 atom stereocenters. The largest absolute Gasteiger partial charge is 0.379 e. The Bertz CT molecular complexity index is 1070. The predicted molar refractivity (Wildman–Crippen MR) is 115 cm³/mol. The van der Waals surface area contributed by atoms with Gasteiger partial charge in [0.05, 0.1) is 12.2 Å². The lowest BCUT2D eigenvalue weighted by Crippen LogP contribution is -2.07.